The van der Waals surface area contributed by atoms with Gasteiger partial charge in [-0.25, -0.2) is 0 Å². The van der Waals surface area contributed by atoms with E-state index >= 15 is 0 Å². The highest BCUT2D eigenvalue weighted by atomic mass is 16.6. The summed E-state index contributed by atoms with van der Waals surface area (Å²) in [7, 11) is 0. The summed E-state index contributed by atoms with van der Waals surface area (Å²) in [6.45, 7) is 0. The number of nitriles is 1. The lowest BCUT2D eigenvalue weighted by atomic mass is 9.99. The average molecular weight is 287 g/mol. The summed E-state index contributed by atoms with van der Waals surface area (Å²) in [5, 5.41) is 23.8. The van der Waals surface area contributed by atoms with Crippen LogP contribution in [0.3, 0.4) is 0 Å². The Morgan fingerprint density at radius 2 is 2.14 bits per heavy atom. The molecule has 0 bridgehead atoms. The van der Waals surface area contributed by atoms with Crippen LogP contribution in [-0.2, 0) is 0 Å². The number of benzene rings is 1. The molecular weight excluding hydrogens is 270 g/mol. The maximum atomic E-state index is 11.0. The van der Waals surface area contributed by atoms with Gasteiger partial charge in [0.15, 0.2) is 5.75 Å². The Hall–Kier alpha value is -2.13. The number of nitro groups is 1. The van der Waals surface area contributed by atoms with Crippen molar-refractivity contribution < 1.29 is 9.66 Å². The van der Waals surface area contributed by atoms with E-state index in [0.29, 0.717) is 12.5 Å². The van der Waals surface area contributed by atoms with Gasteiger partial charge in [0.05, 0.1) is 11.0 Å². The first-order valence-electron chi connectivity index (χ1n) is 7.21. The highest BCUT2D eigenvalue weighted by Gasteiger charge is 2.44. The molecule has 0 saturated heterocycles. The van der Waals surface area contributed by atoms with E-state index in [1.54, 1.807) is 18.2 Å². The van der Waals surface area contributed by atoms with Crippen LogP contribution >= 0.6 is 0 Å². The fourth-order valence-corrected chi connectivity index (χ4v) is 2.87. The summed E-state index contributed by atoms with van der Waals surface area (Å²) in [6.07, 6.45) is 4.13. The van der Waals surface area contributed by atoms with E-state index in [1.165, 1.54) is 6.07 Å². The Morgan fingerprint density at radius 1 is 1.38 bits per heavy atom. The van der Waals surface area contributed by atoms with Crippen LogP contribution in [0.1, 0.15) is 32.1 Å². The second kappa shape index (κ2) is 5.34. The van der Waals surface area contributed by atoms with Crippen LogP contribution in [0.2, 0.25) is 0 Å². The number of nitrogens with zero attached hydrogens (tertiary/aromatic N) is 2. The van der Waals surface area contributed by atoms with Gasteiger partial charge >= 0.3 is 5.69 Å². The molecule has 0 aliphatic heterocycles. The van der Waals surface area contributed by atoms with Gasteiger partial charge in [-0.3, -0.25) is 15.4 Å². The Kier molecular flexibility index (Phi) is 3.52. The molecule has 0 aromatic heterocycles. The molecule has 2 unspecified atom stereocenters. The minimum atomic E-state index is -0.532. The van der Waals surface area contributed by atoms with Gasteiger partial charge in [-0.05, 0) is 31.7 Å². The van der Waals surface area contributed by atoms with Crippen molar-refractivity contribution in [1.29, 1.82) is 5.26 Å². The van der Waals surface area contributed by atoms with E-state index in [4.69, 9.17) is 4.74 Å². The molecule has 1 aromatic rings. The molecule has 0 radical (unpaired) electrons. The van der Waals surface area contributed by atoms with E-state index in [-0.39, 0.29) is 17.5 Å². The van der Waals surface area contributed by atoms with Crippen LogP contribution in [0.15, 0.2) is 24.3 Å². The summed E-state index contributed by atoms with van der Waals surface area (Å²) in [5.41, 5.74) is -0.558. The van der Waals surface area contributed by atoms with E-state index in [1.807, 2.05) is 0 Å². The predicted octanol–water partition coefficient (Wildman–Crippen LogP) is 2.54. The Morgan fingerprint density at radius 3 is 2.81 bits per heavy atom. The summed E-state index contributed by atoms with van der Waals surface area (Å²) in [4.78, 5) is 10.6. The van der Waals surface area contributed by atoms with Crippen molar-refractivity contribution in [3.63, 3.8) is 0 Å². The van der Waals surface area contributed by atoms with Crippen molar-refractivity contribution >= 4 is 5.69 Å². The highest BCUT2D eigenvalue weighted by molar-refractivity contribution is 5.45. The molecule has 0 heterocycles. The lowest BCUT2D eigenvalue weighted by Crippen LogP contribution is -2.43. The third-order valence-corrected chi connectivity index (χ3v) is 4.10. The van der Waals surface area contributed by atoms with Crippen LogP contribution < -0.4 is 10.1 Å². The molecule has 1 aromatic carbocycles. The van der Waals surface area contributed by atoms with Crippen molar-refractivity contribution in [2.24, 2.45) is 0 Å². The van der Waals surface area contributed by atoms with Gasteiger partial charge in [0.25, 0.3) is 0 Å². The Balaban J connectivity index is 1.69. The van der Waals surface area contributed by atoms with E-state index < -0.39 is 10.5 Å². The van der Waals surface area contributed by atoms with Crippen LogP contribution in [0.25, 0.3) is 0 Å². The monoisotopic (exact) mass is 287 g/mol. The number of nitro benzene ring substituents is 1. The molecule has 0 amide bonds. The summed E-state index contributed by atoms with van der Waals surface area (Å²) < 4.78 is 5.79. The maximum absolute atomic E-state index is 11.0. The smallest absolute Gasteiger partial charge is 0.310 e. The van der Waals surface area contributed by atoms with Crippen molar-refractivity contribution in [2.45, 2.75) is 49.8 Å². The third-order valence-electron chi connectivity index (χ3n) is 4.10. The van der Waals surface area contributed by atoms with Crippen molar-refractivity contribution in [3.8, 4) is 11.8 Å². The fraction of sp³-hybridized carbons (Fsp3) is 0.533. The Labute approximate surface area is 122 Å². The zero-order valence-corrected chi connectivity index (χ0v) is 11.6. The second-order valence-corrected chi connectivity index (χ2v) is 5.82. The first kappa shape index (κ1) is 13.8. The van der Waals surface area contributed by atoms with Gasteiger partial charge in [0.2, 0.25) is 0 Å². The van der Waals surface area contributed by atoms with Crippen molar-refractivity contribution in [1.82, 2.24) is 5.32 Å². The average Bonchev–Trinajstić information content (AvgIpc) is 3.19. The molecule has 3 rings (SSSR count). The van der Waals surface area contributed by atoms with Gasteiger partial charge in [-0.2, -0.15) is 5.26 Å². The molecule has 2 aliphatic carbocycles. The molecule has 110 valence electrons. The minimum absolute atomic E-state index is 0.0258. The number of para-hydroxylation sites is 2. The molecule has 2 fully saturated rings. The van der Waals surface area contributed by atoms with Gasteiger partial charge in [-0.1, -0.05) is 12.1 Å². The van der Waals surface area contributed by atoms with Gasteiger partial charge in [0, 0.05) is 18.5 Å². The fourth-order valence-electron chi connectivity index (χ4n) is 2.87. The lowest BCUT2D eigenvalue weighted by Gasteiger charge is -2.22. The largest absolute Gasteiger partial charge is 0.483 e. The van der Waals surface area contributed by atoms with E-state index in [2.05, 4.69) is 11.4 Å². The highest BCUT2D eigenvalue weighted by Crippen LogP contribution is 2.37. The topological polar surface area (TPSA) is 88.2 Å². The third kappa shape index (κ3) is 2.98. The number of hydrogen-bond acceptors (Lipinski definition) is 5. The van der Waals surface area contributed by atoms with E-state index in [0.717, 1.165) is 25.7 Å². The first-order chi connectivity index (χ1) is 10.1. The van der Waals surface area contributed by atoms with E-state index in [9.17, 15) is 15.4 Å². The van der Waals surface area contributed by atoms with Crippen LogP contribution in [0, 0.1) is 21.4 Å². The van der Waals surface area contributed by atoms with Crippen molar-refractivity contribution in [2.75, 3.05) is 0 Å². The van der Waals surface area contributed by atoms with Crippen LogP contribution in [-0.4, -0.2) is 22.6 Å². The molecular formula is C15H17N3O3. The number of hydrogen-bond donors (Lipinski definition) is 1. The zero-order chi connectivity index (χ0) is 14.9. The zero-order valence-electron chi connectivity index (χ0n) is 11.6. The quantitative estimate of drug-likeness (QED) is 0.664. The molecule has 6 nitrogen and oxygen atoms in total. The summed E-state index contributed by atoms with van der Waals surface area (Å²) >= 11 is 0. The standard InChI is InChI=1S/C15H17N3O3/c16-10-15(17-11-5-6-11)8-7-12(9-15)21-14-4-2-1-3-13(14)18(19)20/h1-4,11-12,17H,5-9H2. The molecule has 0 spiro atoms. The van der Waals surface area contributed by atoms with Crippen molar-refractivity contribution in [3.05, 3.63) is 34.4 Å². The molecule has 1 N–H and O–H groups in total. The number of nitrogens with one attached hydrogen (secondary N) is 1. The predicted molar refractivity (Wildman–Crippen MR) is 75.9 cm³/mol. The molecule has 2 saturated carbocycles. The minimum Gasteiger partial charge on any atom is -0.483 e. The van der Waals surface area contributed by atoms with Crippen LogP contribution in [0.5, 0.6) is 5.75 Å². The molecule has 2 atom stereocenters. The lowest BCUT2D eigenvalue weighted by molar-refractivity contribution is -0.386. The normalized spacial score (nSPS) is 28.0. The maximum Gasteiger partial charge on any atom is 0.310 e. The van der Waals surface area contributed by atoms with Crippen LogP contribution in [0.4, 0.5) is 5.69 Å². The second-order valence-electron chi connectivity index (χ2n) is 5.82. The number of ether oxygens (including phenoxy) is 1. The summed E-state index contributed by atoms with van der Waals surface area (Å²) in [6, 6.07) is 9.21. The number of rotatable bonds is 5. The van der Waals surface area contributed by atoms with Gasteiger partial charge in [0.1, 0.15) is 11.6 Å². The van der Waals surface area contributed by atoms with Gasteiger partial charge < -0.3 is 4.74 Å². The first-order valence-corrected chi connectivity index (χ1v) is 7.21. The SMILES string of the molecule is N#CC1(NC2CC2)CCC(Oc2ccccc2[N+](=O)[O-])C1. The molecule has 2 aliphatic rings. The molecule has 6 heteroatoms. The molecule has 21 heavy (non-hydrogen) atoms. The Bertz CT molecular complexity index is 594. The van der Waals surface area contributed by atoms with Gasteiger partial charge in [-0.15, -0.1) is 0 Å². The summed E-state index contributed by atoms with van der Waals surface area (Å²) in [5.74, 6) is 0.285.